The van der Waals surface area contributed by atoms with E-state index in [9.17, 15) is 4.79 Å². The lowest BCUT2D eigenvalue weighted by Crippen LogP contribution is -1.96. The number of fused-ring (bicyclic) bond motifs is 1. The van der Waals surface area contributed by atoms with E-state index in [0.29, 0.717) is 22.8 Å². The Balaban J connectivity index is 1.83. The Morgan fingerprint density at radius 2 is 1.88 bits per heavy atom. The van der Waals surface area contributed by atoms with Gasteiger partial charge in [0.25, 0.3) is 0 Å². The Bertz CT molecular complexity index is 808. The molecule has 5 heteroatoms. The summed E-state index contributed by atoms with van der Waals surface area (Å²) >= 11 is 0. The van der Waals surface area contributed by atoms with Gasteiger partial charge in [-0.15, -0.1) is 0 Å². The highest BCUT2D eigenvalue weighted by Gasteiger charge is 2.19. The second-order valence-corrected chi connectivity index (χ2v) is 5.34. The lowest BCUT2D eigenvalue weighted by Gasteiger charge is -2.06. The summed E-state index contributed by atoms with van der Waals surface area (Å²) in [5.41, 5.74) is 2.33. The fourth-order valence-electron chi connectivity index (χ4n) is 2.55. The molecule has 24 heavy (non-hydrogen) atoms. The number of carbonyl (C=O) groups excluding carboxylic acids is 1. The van der Waals surface area contributed by atoms with Crippen molar-refractivity contribution in [3.05, 3.63) is 53.1 Å². The number of rotatable bonds is 5. The van der Waals surface area contributed by atoms with Gasteiger partial charge in [-0.05, 0) is 54.5 Å². The first-order valence-corrected chi connectivity index (χ1v) is 7.47. The van der Waals surface area contributed by atoms with Gasteiger partial charge in [0.15, 0.2) is 17.3 Å². The molecular weight excluding hydrogens is 308 g/mol. The first-order chi connectivity index (χ1) is 11.6. The van der Waals surface area contributed by atoms with Gasteiger partial charge < -0.3 is 18.9 Å². The fraction of sp³-hybridized carbons (Fsp3) is 0.211. The number of hydrogen-bond donors (Lipinski definition) is 0. The molecule has 0 fully saturated rings. The predicted molar refractivity (Wildman–Crippen MR) is 90.2 cm³/mol. The van der Waals surface area contributed by atoms with Gasteiger partial charge in [0.2, 0.25) is 12.5 Å². The van der Waals surface area contributed by atoms with Crippen LogP contribution in [0.2, 0.25) is 0 Å². The van der Waals surface area contributed by atoms with Gasteiger partial charge in [-0.25, -0.2) is 0 Å². The second kappa shape index (κ2) is 6.66. The second-order valence-electron chi connectivity index (χ2n) is 5.34. The van der Waals surface area contributed by atoms with Gasteiger partial charge in [0.1, 0.15) is 5.75 Å². The molecule has 0 unspecified atom stereocenters. The van der Waals surface area contributed by atoms with Gasteiger partial charge in [-0.3, -0.25) is 4.79 Å². The van der Waals surface area contributed by atoms with Crippen molar-refractivity contribution in [2.75, 3.05) is 21.0 Å². The van der Waals surface area contributed by atoms with Gasteiger partial charge >= 0.3 is 0 Å². The molecule has 124 valence electrons. The molecule has 0 atom stereocenters. The Morgan fingerprint density at radius 3 is 2.58 bits per heavy atom. The average molecular weight is 326 g/mol. The summed E-state index contributed by atoms with van der Waals surface area (Å²) < 4.78 is 21.2. The van der Waals surface area contributed by atoms with Crippen molar-refractivity contribution >= 4 is 11.9 Å². The zero-order valence-electron chi connectivity index (χ0n) is 13.8. The quantitative estimate of drug-likeness (QED) is 0.620. The van der Waals surface area contributed by atoms with Crippen LogP contribution in [0, 0.1) is 6.92 Å². The predicted octanol–water partition coefficient (Wildman–Crippen LogP) is 3.64. The lowest BCUT2D eigenvalue weighted by atomic mass is 10.1. The molecule has 0 aliphatic carbocycles. The molecule has 0 bridgehead atoms. The van der Waals surface area contributed by atoms with Crippen LogP contribution in [0.3, 0.4) is 0 Å². The van der Waals surface area contributed by atoms with Crippen LogP contribution < -0.4 is 18.9 Å². The highest BCUT2D eigenvalue weighted by Crippen LogP contribution is 2.42. The van der Waals surface area contributed by atoms with E-state index in [0.717, 1.165) is 16.9 Å². The van der Waals surface area contributed by atoms with Crippen molar-refractivity contribution in [1.82, 2.24) is 0 Å². The minimum absolute atomic E-state index is 0.0858. The van der Waals surface area contributed by atoms with Crippen molar-refractivity contribution < 1.29 is 23.7 Å². The van der Waals surface area contributed by atoms with Crippen molar-refractivity contribution in [3.8, 4) is 23.0 Å². The van der Waals surface area contributed by atoms with E-state index in [2.05, 4.69) is 0 Å². The molecule has 0 amide bonds. The lowest BCUT2D eigenvalue weighted by molar-refractivity contribution is 0.104. The van der Waals surface area contributed by atoms with Gasteiger partial charge in [0.05, 0.1) is 14.2 Å². The van der Waals surface area contributed by atoms with Crippen molar-refractivity contribution in [2.24, 2.45) is 0 Å². The molecule has 0 saturated carbocycles. The third-order valence-corrected chi connectivity index (χ3v) is 3.79. The van der Waals surface area contributed by atoms with Gasteiger partial charge in [0, 0.05) is 5.56 Å². The highest BCUT2D eigenvalue weighted by molar-refractivity contribution is 6.07. The first kappa shape index (κ1) is 15.9. The van der Waals surface area contributed by atoms with Crippen LogP contribution in [0.15, 0.2) is 36.4 Å². The minimum atomic E-state index is -0.0858. The van der Waals surface area contributed by atoms with Crippen molar-refractivity contribution in [3.63, 3.8) is 0 Å². The molecular formula is C19H18O5. The van der Waals surface area contributed by atoms with Crippen LogP contribution in [0.5, 0.6) is 23.0 Å². The zero-order valence-corrected chi connectivity index (χ0v) is 13.8. The molecule has 2 aromatic rings. The van der Waals surface area contributed by atoms with Crippen molar-refractivity contribution in [2.45, 2.75) is 6.92 Å². The summed E-state index contributed by atoms with van der Waals surface area (Å²) in [6, 6.07) is 8.97. The van der Waals surface area contributed by atoms with Crippen LogP contribution in [-0.2, 0) is 0 Å². The number of ether oxygens (including phenoxy) is 4. The molecule has 5 nitrogen and oxygen atoms in total. The summed E-state index contributed by atoms with van der Waals surface area (Å²) in [5.74, 6) is 2.46. The largest absolute Gasteiger partial charge is 0.496 e. The Labute approximate surface area is 140 Å². The summed E-state index contributed by atoms with van der Waals surface area (Å²) in [5, 5.41) is 0. The summed E-state index contributed by atoms with van der Waals surface area (Å²) in [4.78, 5) is 12.3. The van der Waals surface area contributed by atoms with Crippen LogP contribution in [0.4, 0.5) is 0 Å². The monoisotopic (exact) mass is 326 g/mol. The first-order valence-electron chi connectivity index (χ1n) is 7.47. The molecule has 1 heterocycles. The summed E-state index contributed by atoms with van der Waals surface area (Å²) in [7, 11) is 3.17. The summed E-state index contributed by atoms with van der Waals surface area (Å²) in [6.45, 7) is 2.07. The van der Waals surface area contributed by atoms with Gasteiger partial charge in [-0.1, -0.05) is 6.08 Å². The molecule has 0 saturated heterocycles. The zero-order chi connectivity index (χ0) is 17.1. The number of aryl methyl sites for hydroxylation is 1. The Morgan fingerprint density at radius 1 is 1.08 bits per heavy atom. The van der Waals surface area contributed by atoms with Gasteiger partial charge in [-0.2, -0.15) is 0 Å². The maximum atomic E-state index is 12.3. The molecule has 0 aromatic heterocycles. The molecule has 0 spiro atoms. The topological polar surface area (TPSA) is 54.0 Å². The van der Waals surface area contributed by atoms with Crippen LogP contribution in [0.25, 0.3) is 6.08 Å². The number of hydrogen-bond acceptors (Lipinski definition) is 5. The maximum absolute atomic E-state index is 12.3. The Kier molecular flexibility index (Phi) is 4.42. The van der Waals surface area contributed by atoms with E-state index < -0.39 is 0 Å². The number of carbonyl (C=O) groups is 1. The molecule has 1 aliphatic heterocycles. The van der Waals surface area contributed by atoms with E-state index in [1.807, 2.05) is 19.1 Å². The van der Waals surface area contributed by atoms with E-state index in [4.69, 9.17) is 18.9 Å². The van der Waals surface area contributed by atoms with Crippen molar-refractivity contribution in [1.29, 1.82) is 0 Å². The maximum Gasteiger partial charge on any atom is 0.231 e. The van der Waals surface area contributed by atoms with E-state index in [1.54, 1.807) is 38.5 Å². The number of methoxy groups -OCH3 is 2. The molecule has 0 radical (unpaired) electrons. The normalized spacial score (nSPS) is 12.5. The third kappa shape index (κ3) is 3.06. The third-order valence-electron chi connectivity index (χ3n) is 3.79. The summed E-state index contributed by atoms with van der Waals surface area (Å²) in [6.07, 6.45) is 3.25. The molecule has 2 aromatic carbocycles. The van der Waals surface area contributed by atoms with Crippen LogP contribution >= 0.6 is 0 Å². The number of ketones is 1. The molecule has 0 N–H and O–H groups in total. The molecule has 3 rings (SSSR count). The Hall–Kier alpha value is -2.95. The SMILES string of the molecule is COc1ccc(C(=O)/C=C/c2cc(OC)c3c(c2)OCO3)cc1C. The highest BCUT2D eigenvalue weighted by atomic mass is 16.7. The standard InChI is InChI=1S/C19H18O5/c1-12-8-14(5-7-16(12)21-2)15(20)6-4-13-9-17(22-3)19-18(10-13)23-11-24-19/h4-10H,11H2,1-3H3/b6-4+. The smallest absolute Gasteiger partial charge is 0.231 e. The number of benzene rings is 2. The molecule has 1 aliphatic rings. The van der Waals surface area contributed by atoms with E-state index in [1.165, 1.54) is 6.08 Å². The average Bonchev–Trinajstić information content (AvgIpc) is 3.07. The van der Waals surface area contributed by atoms with Crippen LogP contribution in [0.1, 0.15) is 21.5 Å². The fourth-order valence-corrected chi connectivity index (χ4v) is 2.55. The van der Waals surface area contributed by atoms with Crippen LogP contribution in [-0.4, -0.2) is 26.8 Å². The minimum Gasteiger partial charge on any atom is -0.496 e. The number of allylic oxidation sites excluding steroid dienone is 1. The van der Waals surface area contributed by atoms with E-state index in [-0.39, 0.29) is 12.6 Å². The van der Waals surface area contributed by atoms with E-state index >= 15 is 0 Å².